The number of allylic oxidation sites excluding steroid dienone is 4. The largest absolute Gasteiger partial charge is 0.314 e. The van der Waals surface area contributed by atoms with Crippen molar-refractivity contribution >= 4 is 16.6 Å². The highest BCUT2D eigenvalue weighted by Crippen LogP contribution is 2.31. The highest BCUT2D eigenvalue weighted by Gasteiger charge is 2.14. The van der Waals surface area contributed by atoms with Crippen LogP contribution in [0.4, 0.5) is 0 Å². The van der Waals surface area contributed by atoms with Gasteiger partial charge in [-0.2, -0.15) is 0 Å². The zero-order chi connectivity index (χ0) is 14.2. The van der Waals surface area contributed by atoms with Gasteiger partial charge in [0.25, 0.3) is 0 Å². The predicted octanol–water partition coefficient (Wildman–Crippen LogP) is 5.48. The number of aromatic nitrogens is 1. The molecule has 100 valence electrons. The third kappa shape index (κ3) is 2.14. The lowest BCUT2D eigenvalue weighted by molar-refractivity contribution is 1.05. The van der Waals surface area contributed by atoms with E-state index < -0.39 is 0 Å². The third-order valence-corrected chi connectivity index (χ3v) is 4.08. The molecule has 0 amide bonds. The van der Waals surface area contributed by atoms with Gasteiger partial charge in [-0.1, -0.05) is 29.8 Å². The van der Waals surface area contributed by atoms with Crippen LogP contribution >= 0.6 is 0 Å². The highest BCUT2D eigenvalue weighted by molar-refractivity contribution is 5.90. The van der Waals surface area contributed by atoms with Crippen molar-refractivity contribution in [1.29, 1.82) is 0 Å². The fourth-order valence-corrected chi connectivity index (χ4v) is 2.61. The molecule has 0 aliphatic carbocycles. The van der Waals surface area contributed by atoms with E-state index in [1.54, 1.807) is 0 Å². The molecule has 0 saturated carbocycles. The monoisotopic (exact) mass is 253 g/mol. The van der Waals surface area contributed by atoms with Crippen molar-refractivity contribution in [3.63, 3.8) is 0 Å². The van der Waals surface area contributed by atoms with Crippen LogP contribution in [0.25, 0.3) is 16.6 Å². The quantitative estimate of drug-likeness (QED) is 0.625. The number of rotatable bonds is 2. The van der Waals surface area contributed by atoms with Crippen molar-refractivity contribution in [3.05, 3.63) is 52.7 Å². The van der Waals surface area contributed by atoms with Crippen LogP contribution in [-0.4, -0.2) is 4.57 Å². The van der Waals surface area contributed by atoms with Crippen LogP contribution in [0.3, 0.4) is 0 Å². The number of aryl methyl sites for hydroxylation is 1. The minimum atomic E-state index is 1.29. The average molecular weight is 253 g/mol. The molecule has 0 saturated heterocycles. The lowest BCUT2D eigenvalue weighted by atomic mass is 10.1. The first-order valence-electron chi connectivity index (χ1n) is 6.86. The SMILES string of the molecule is CC=C(C(C)=C(C)C)n1c(C)c(C)c2ccccc21. The van der Waals surface area contributed by atoms with Gasteiger partial charge in [0.05, 0.1) is 5.52 Å². The van der Waals surface area contributed by atoms with E-state index in [9.17, 15) is 0 Å². The van der Waals surface area contributed by atoms with Crippen LogP contribution in [0.15, 0.2) is 41.5 Å². The maximum Gasteiger partial charge on any atom is 0.0534 e. The number of para-hydroxylation sites is 1. The van der Waals surface area contributed by atoms with E-state index in [-0.39, 0.29) is 0 Å². The van der Waals surface area contributed by atoms with Crippen molar-refractivity contribution in [3.8, 4) is 0 Å². The molecule has 0 unspecified atom stereocenters. The fourth-order valence-electron chi connectivity index (χ4n) is 2.61. The van der Waals surface area contributed by atoms with Crippen molar-refractivity contribution < 1.29 is 0 Å². The third-order valence-electron chi connectivity index (χ3n) is 4.08. The van der Waals surface area contributed by atoms with Gasteiger partial charge in [0.2, 0.25) is 0 Å². The zero-order valence-corrected chi connectivity index (χ0v) is 12.8. The van der Waals surface area contributed by atoms with Gasteiger partial charge in [-0.3, -0.25) is 0 Å². The Bertz CT molecular complexity index is 677. The Kier molecular flexibility index (Phi) is 3.66. The summed E-state index contributed by atoms with van der Waals surface area (Å²) >= 11 is 0. The molecule has 0 aliphatic rings. The van der Waals surface area contributed by atoms with Gasteiger partial charge in [-0.15, -0.1) is 0 Å². The Morgan fingerprint density at radius 3 is 2.26 bits per heavy atom. The maximum atomic E-state index is 2.38. The van der Waals surface area contributed by atoms with Gasteiger partial charge in [0.1, 0.15) is 0 Å². The molecule has 1 aromatic heterocycles. The number of fused-ring (bicyclic) bond motifs is 1. The number of nitrogens with zero attached hydrogens (tertiary/aromatic N) is 1. The van der Waals surface area contributed by atoms with Crippen LogP contribution in [0.2, 0.25) is 0 Å². The molecule has 0 fully saturated rings. The summed E-state index contributed by atoms with van der Waals surface area (Å²) in [5.74, 6) is 0. The van der Waals surface area contributed by atoms with Crippen molar-refractivity contribution in [2.45, 2.75) is 41.5 Å². The molecule has 0 atom stereocenters. The molecule has 0 N–H and O–H groups in total. The molecular formula is C18H23N. The molecule has 1 aromatic carbocycles. The normalized spacial score (nSPS) is 12.0. The number of hydrogen-bond acceptors (Lipinski definition) is 0. The van der Waals surface area contributed by atoms with Crippen LogP contribution in [0.1, 0.15) is 39.0 Å². The minimum absolute atomic E-state index is 1.29. The summed E-state index contributed by atoms with van der Waals surface area (Å²) in [6, 6.07) is 8.64. The fraction of sp³-hybridized carbons (Fsp3) is 0.333. The standard InChI is InChI=1S/C18H23N/c1-7-17(13(4)12(2)3)19-15(6)14(5)16-10-8-9-11-18(16)19/h7-11H,1-6H3. The van der Waals surface area contributed by atoms with E-state index in [1.807, 2.05) is 0 Å². The first-order valence-corrected chi connectivity index (χ1v) is 6.86. The summed E-state index contributed by atoms with van der Waals surface area (Å²) in [7, 11) is 0. The van der Waals surface area contributed by atoms with E-state index >= 15 is 0 Å². The predicted molar refractivity (Wildman–Crippen MR) is 85.4 cm³/mol. The summed E-state index contributed by atoms with van der Waals surface area (Å²) in [6.45, 7) is 13.1. The van der Waals surface area contributed by atoms with Gasteiger partial charge in [0.15, 0.2) is 0 Å². The van der Waals surface area contributed by atoms with Crippen LogP contribution in [-0.2, 0) is 0 Å². The first kappa shape index (κ1) is 13.7. The van der Waals surface area contributed by atoms with Gasteiger partial charge < -0.3 is 4.57 Å². The Hall–Kier alpha value is -1.76. The topological polar surface area (TPSA) is 4.93 Å². The van der Waals surface area contributed by atoms with Gasteiger partial charge in [0, 0.05) is 16.8 Å². The Balaban J connectivity index is 2.83. The second-order valence-electron chi connectivity index (χ2n) is 5.36. The summed E-state index contributed by atoms with van der Waals surface area (Å²) in [4.78, 5) is 0. The van der Waals surface area contributed by atoms with Crippen LogP contribution in [0.5, 0.6) is 0 Å². The van der Waals surface area contributed by atoms with Crippen molar-refractivity contribution in [1.82, 2.24) is 4.57 Å². The molecule has 0 radical (unpaired) electrons. The van der Waals surface area contributed by atoms with Crippen molar-refractivity contribution in [2.75, 3.05) is 0 Å². The molecule has 0 aliphatic heterocycles. The van der Waals surface area contributed by atoms with E-state index in [1.165, 1.54) is 39.0 Å². The molecule has 19 heavy (non-hydrogen) atoms. The molecule has 1 nitrogen and oxygen atoms in total. The van der Waals surface area contributed by atoms with Crippen LogP contribution < -0.4 is 0 Å². The zero-order valence-electron chi connectivity index (χ0n) is 12.8. The molecule has 0 spiro atoms. The number of hydrogen-bond donors (Lipinski definition) is 0. The smallest absolute Gasteiger partial charge is 0.0534 e. The first-order chi connectivity index (χ1) is 8.99. The Labute approximate surface area is 116 Å². The molecular weight excluding hydrogens is 230 g/mol. The molecule has 2 aromatic rings. The van der Waals surface area contributed by atoms with E-state index in [0.29, 0.717) is 0 Å². The van der Waals surface area contributed by atoms with Crippen molar-refractivity contribution in [2.24, 2.45) is 0 Å². The van der Waals surface area contributed by atoms with Crippen LogP contribution in [0, 0.1) is 13.8 Å². The lowest BCUT2D eigenvalue weighted by Crippen LogP contribution is -2.01. The average Bonchev–Trinajstić information content (AvgIpc) is 2.65. The second-order valence-corrected chi connectivity index (χ2v) is 5.36. The second kappa shape index (κ2) is 5.08. The van der Waals surface area contributed by atoms with E-state index in [4.69, 9.17) is 0 Å². The Morgan fingerprint density at radius 2 is 1.68 bits per heavy atom. The highest BCUT2D eigenvalue weighted by atomic mass is 15.0. The lowest BCUT2D eigenvalue weighted by Gasteiger charge is -2.15. The van der Waals surface area contributed by atoms with E-state index in [2.05, 4.69) is 76.5 Å². The summed E-state index contributed by atoms with van der Waals surface area (Å²) in [5, 5.41) is 1.35. The summed E-state index contributed by atoms with van der Waals surface area (Å²) in [6.07, 6.45) is 2.21. The molecule has 2 rings (SSSR count). The van der Waals surface area contributed by atoms with Gasteiger partial charge in [-0.05, 0) is 58.7 Å². The summed E-state index contributed by atoms with van der Waals surface area (Å²) < 4.78 is 2.38. The molecule has 1 heterocycles. The van der Waals surface area contributed by atoms with Gasteiger partial charge >= 0.3 is 0 Å². The number of benzene rings is 1. The maximum absolute atomic E-state index is 2.38. The Morgan fingerprint density at radius 1 is 1.05 bits per heavy atom. The van der Waals surface area contributed by atoms with E-state index in [0.717, 1.165) is 0 Å². The summed E-state index contributed by atoms with van der Waals surface area (Å²) in [5.41, 5.74) is 8.01. The minimum Gasteiger partial charge on any atom is -0.314 e. The molecule has 0 bridgehead atoms. The molecule has 1 heteroatoms. The van der Waals surface area contributed by atoms with Gasteiger partial charge in [-0.25, -0.2) is 0 Å².